The van der Waals surface area contributed by atoms with Crippen LogP contribution < -0.4 is 11.1 Å². The maximum atomic E-state index is 11.8. The second-order valence-corrected chi connectivity index (χ2v) is 4.47. The van der Waals surface area contributed by atoms with Gasteiger partial charge in [-0.05, 0) is 12.1 Å². The van der Waals surface area contributed by atoms with Gasteiger partial charge >= 0.3 is 6.18 Å². The number of benzene rings is 1. The normalized spacial score (nSPS) is 11.4. The number of nitrogens with two attached hydrogens (primary N) is 1. The first-order valence-electron chi connectivity index (χ1n) is 5.28. The SMILES string of the molecule is NC(=S)c1c(Cl)cccc1NCCOCC(F)(F)F. The minimum atomic E-state index is -4.32. The molecule has 0 bridgehead atoms. The molecule has 1 aromatic rings. The van der Waals surface area contributed by atoms with Crippen molar-refractivity contribution in [2.24, 2.45) is 5.73 Å². The number of rotatable bonds is 6. The monoisotopic (exact) mass is 312 g/mol. The molecule has 0 saturated carbocycles. The molecule has 1 aromatic carbocycles. The molecule has 1 rings (SSSR count). The fourth-order valence-corrected chi connectivity index (χ4v) is 1.92. The molecule has 0 atom stereocenters. The third-order valence-electron chi connectivity index (χ3n) is 2.09. The average molecular weight is 313 g/mol. The van der Waals surface area contributed by atoms with Gasteiger partial charge in [0.2, 0.25) is 0 Å². The van der Waals surface area contributed by atoms with Gasteiger partial charge in [0, 0.05) is 12.2 Å². The van der Waals surface area contributed by atoms with Crippen LogP contribution in [0.1, 0.15) is 5.56 Å². The summed E-state index contributed by atoms with van der Waals surface area (Å²) in [5.41, 5.74) is 6.56. The van der Waals surface area contributed by atoms with Gasteiger partial charge in [-0.2, -0.15) is 13.2 Å². The first kappa shape index (κ1) is 16.0. The zero-order valence-electron chi connectivity index (χ0n) is 9.76. The Bertz CT molecular complexity index is 454. The first-order valence-corrected chi connectivity index (χ1v) is 6.06. The predicted molar refractivity (Wildman–Crippen MR) is 72.7 cm³/mol. The van der Waals surface area contributed by atoms with E-state index in [-0.39, 0.29) is 18.1 Å². The molecule has 0 aliphatic heterocycles. The molecule has 0 aromatic heterocycles. The fourth-order valence-electron chi connectivity index (χ4n) is 1.37. The lowest BCUT2D eigenvalue weighted by atomic mass is 10.1. The van der Waals surface area contributed by atoms with Crippen molar-refractivity contribution in [1.29, 1.82) is 0 Å². The molecule has 0 fully saturated rings. The Morgan fingerprint density at radius 2 is 2.11 bits per heavy atom. The smallest absolute Gasteiger partial charge is 0.389 e. The van der Waals surface area contributed by atoms with Gasteiger partial charge in [-0.1, -0.05) is 29.9 Å². The van der Waals surface area contributed by atoms with Crippen LogP contribution in [-0.4, -0.2) is 30.9 Å². The molecular formula is C11H12ClF3N2OS. The molecule has 0 heterocycles. The number of alkyl halides is 3. The Morgan fingerprint density at radius 1 is 1.42 bits per heavy atom. The fraction of sp³-hybridized carbons (Fsp3) is 0.364. The Balaban J connectivity index is 2.50. The van der Waals surface area contributed by atoms with Gasteiger partial charge in [0.05, 0.1) is 17.2 Å². The molecule has 0 aliphatic carbocycles. The van der Waals surface area contributed by atoms with E-state index in [0.29, 0.717) is 16.3 Å². The molecule has 3 nitrogen and oxygen atoms in total. The molecule has 19 heavy (non-hydrogen) atoms. The third kappa shape index (κ3) is 5.63. The van der Waals surface area contributed by atoms with Crippen molar-refractivity contribution in [3.05, 3.63) is 28.8 Å². The van der Waals surface area contributed by atoms with E-state index in [9.17, 15) is 13.2 Å². The number of thiocarbonyl (C=S) groups is 1. The number of hydrogen-bond acceptors (Lipinski definition) is 3. The molecule has 0 aliphatic rings. The van der Waals surface area contributed by atoms with Gasteiger partial charge in [0.15, 0.2) is 0 Å². The lowest BCUT2D eigenvalue weighted by Crippen LogP contribution is -2.21. The highest BCUT2D eigenvalue weighted by molar-refractivity contribution is 7.80. The molecule has 0 spiro atoms. The van der Waals surface area contributed by atoms with Crippen molar-refractivity contribution in [3.63, 3.8) is 0 Å². The van der Waals surface area contributed by atoms with E-state index in [1.807, 2.05) is 0 Å². The highest BCUT2D eigenvalue weighted by Crippen LogP contribution is 2.24. The van der Waals surface area contributed by atoms with Crippen molar-refractivity contribution in [2.45, 2.75) is 6.18 Å². The number of hydrogen-bond donors (Lipinski definition) is 2. The zero-order chi connectivity index (χ0) is 14.5. The number of nitrogens with one attached hydrogen (secondary N) is 1. The van der Waals surface area contributed by atoms with Gasteiger partial charge in [-0.15, -0.1) is 0 Å². The highest BCUT2D eigenvalue weighted by atomic mass is 35.5. The number of halogens is 4. The van der Waals surface area contributed by atoms with Gasteiger partial charge in [0.1, 0.15) is 11.6 Å². The summed E-state index contributed by atoms with van der Waals surface area (Å²) in [6, 6.07) is 4.99. The largest absolute Gasteiger partial charge is 0.411 e. The van der Waals surface area contributed by atoms with Crippen LogP contribution in [0.3, 0.4) is 0 Å². The zero-order valence-corrected chi connectivity index (χ0v) is 11.3. The first-order chi connectivity index (χ1) is 8.81. The van der Waals surface area contributed by atoms with Gasteiger partial charge in [-0.3, -0.25) is 0 Å². The summed E-state index contributed by atoms with van der Waals surface area (Å²) in [6.45, 7) is -1.18. The van der Waals surface area contributed by atoms with Gasteiger partial charge in [-0.25, -0.2) is 0 Å². The van der Waals surface area contributed by atoms with E-state index >= 15 is 0 Å². The molecule has 0 radical (unpaired) electrons. The second-order valence-electron chi connectivity index (χ2n) is 3.62. The maximum absolute atomic E-state index is 11.8. The molecule has 8 heteroatoms. The van der Waals surface area contributed by atoms with Crippen molar-refractivity contribution < 1.29 is 17.9 Å². The average Bonchev–Trinajstić information content (AvgIpc) is 2.26. The Labute approximate surface area is 118 Å². The number of ether oxygens (including phenoxy) is 1. The van der Waals surface area contributed by atoms with Crippen LogP contribution in [0.4, 0.5) is 18.9 Å². The van der Waals surface area contributed by atoms with Crippen LogP contribution in [0.15, 0.2) is 18.2 Å². The highest BCUT2D eigenvalue weighted by Gasteiger charge is 2.27. The molecule has 0 saturated heterocycles. The van der Waals surface area contributed by atoms with Crippen molar-refractivity contribution in [1.82, 2.24) is 0 Å². The van der Waals surface area contributed by atoms with Crippen LogP contribution in [0.5, 0.6) is 0 Å². The summed E-state index contributed by atoms with van der Waals surface area (Å²) in [4.78, 5) is 0.115. The van der Waals surface area contributed by atoms with Crippen molar-refractivity contribution in [3.8, 4) is 0 Å². The van der Waals surface area contributed by atoms with Crippen LogP contribution in [0.2, 0.25) is 5.02 Å². The van der Waals surface area contributed by atoms with Crippen LogP contribution in [0.25, 0.3) is 0 Å². The quantitative estimate of drug-likeness (QED) is 0.626. The summed E-state index contributed by atoms with van der Waals surface area (Å²) < 4.78 is 40.0. The van der Waals surface area contributed by atoms with E-state index in [0.717, 1.165) is 0 Å². The lowest BCUT2D eigenvalue weighted by Gasteiger charge is -2.13. The van der Waals surface area contributed by atoms with Crippen molar-refractivity contribution in [2.75, 3.05) is 25.1 Å². The van der Waals surface area contributed by atoms with Crippen LogP contribution in [-0.2, 0) is 4.74 Å². The topological polar surface area (TPSA) is 47.3 Å². The summed E-state index contributed by atoms with van der Waals surface area (Å²) in [5.74, 6) is 0. The predicted octanol–water partition coefficient (Wildman–Crippen LogP) is 2.97. The summed E-state index contributed by atoms with van der Waals surface area (Å²) in [5, 5.41) is 3.26. The minimum absolute atomic E-state index is 0.0944. The molecular weight excluding hydrogens is 301 g/mol. The van der Waals surface area contributed by atoms with Crippen molar-refractivity contribution >= 4 is 34.5 Å². The molecule has 0 amide bonds. The van der Waals surface area contributed by atoms with E-state index in [2.05, 4.69) is 10.1 Å². The standard InChI is InChI=1S/C11H12ClF3N2OS/c12-7-2-1-3-8(9(7)10(16)19)17-4-5-18-6-11(13,14)15/h1-3,17H,4-6H2,(H2,16,19). The molecule has 3 N–H and O–H groups in total. The summed E-state index contributed by atoms with van der Waals surface area (Å²) >= 11 is 10.8. The summed E-state index contributed by atoms with van der Waals surface area (Å²) in [7, 11) is 0. The number of anilines is 1. The Morgan fingerprint density at radius 3 is 2.68 bits per heavy atom. The summed E-state index contributed by atoms with van der Waals surface area (Å²) in [6.07, 6.45) is -4.32. The molecule has 0 unspecified atom stereocenters. The van der Waals surface area contributed by atoms with E-state index in [4.69, 9.17) is 29.6 Å². The van der Waals surface area contributed by atoms with Crippen LogP contribution >= 0.6 is 23.8 Å². The Kier molecular flexibility index (Phi) is 5.84. The van der Waals surface area contributed by atoms with E-state index < -0.39 is 12.8 Å². The second kappa shape index (κ2) is 6.93. The molecule has 106 valence electrons. The van der Waals surface area contributed by atoms with Crippen LogP contribution in [0, 0.1) is 0 Å². The maximum Gasteiger partial charge on any atom is 0.411 e. The third-order valence-corrected chi connectivity index (χ3v) is 2.61. The van der Waals surface area contributed by atoms with Gasteiger partial charge < -0.3 is 15.8 Å². The van der Waals surface area contributed by atoms with E-state index in [1.165, 1.54) is 0 Å². The van der Waals surface area contributed by atoms with E-state index in [1.54, 1.807) is 18.2 Å². The van der Waals surface area contributed by atoms with Gasteiger partial charge in [0.25, 0.3) is 0 Å². The minimum Gasteiger partial charge on any atom is -0.389 e. The lowest BCUT2D eigenvalue weighted by molar-refractivity contribution is -0.172. The Hall–Kier alpha value is -1.05.